The molecule has 116 valence electrons. The molecular formula is C20H17IOS. The summed E-state index contributed by atoms with van der Waals surface area (Å²) in [4.78, 5) is 1.28. The quantitative estimate of drug-likeness (QED) is 0.362. The van der Waals surface area contributed by atoms with E-state index in [2.05, 4.69) is 60.7 Å². The summed E-state index contributed by atoms with van der Waals surface area (Å²) in [7, 11) is -0.0805. The molecule has 4 aromatic rings. The lowest BCUT2D eigenvalue weighted by Crippen LogP contribution is -3.00. The Balaban J connectivity index is 0.00000156. The van der Waals surface area contributed by atoms with Crippen molar-refractivity contribution in [3.8, 4) is 10.6 Å². The molecule has 3 heteroatoms. The second-order valence-electron chi connectivity index (χ2n) is 5.70. The number of hydrogen-bond donors (Lipinski definition) is 1. The van der Waals surface area contributed by atoms with Gasteiger partial charge in [0.15, 0.2) is 14.3 Å². The number of thiophene rings is 1. The first-order valence-electron chi connectivity index (χ1n) is 7.40. The van der Waals surface area contributed by atoms with Gasteiger partial charge in [0.25, 0.3) is 0 Å². The van der Waals surface area contributed by atoms with Gasteiger partial charge < -0.3 is 29.1 Å². The van der Waals surface area contributed by atoms with Crippen LogP contribution in [0.15, 0.2) is 60.7 Å². The summed E-state index contributed by atoms with van der Waals surface area (Å²) in [6.45, 7) is 3.95. The van der Waals surface area contributed by atoms with E-state index in [-0.39, 0.29) is 34.4 Å². The van der Waals surface area contributed by atoms with Crippen LogP contribution >= 0.6 is 10.5 Å². The molecule has 0 amide bonds. The highest BCUT2D eigenvalue weighted by molar-refractivity contribution is 7.50. The van der Waals surface area contributed by atoms with Crippen LogP contribution in [-0.2, 0) is 0 Å². The van der Waals surface area contributed by atoms with Gasteiger partial charge in [0.1, 0.15) is 5.75 Å². The molecule has 0 aliphatic rings. The molecule has 1 N–H and O–H groups in total. The monoisotopic (exact) mass is 432 g/mol. The third-order valence-corrected chi connectivity index (χ3v) is 6.50. The SMILES string of the molecule is Cc1cc(-[s+]2c3ccccc3c3ccccc32)cc(C)c1O.[I-]. The molecule has 0 fully saturated rings. The zero-order chi connectivity index (χ0) is 15.3. The molecule has 0 atom stereocenters. The lowest BCUT2D eigenvalue weighted by Gasteiger charge is -2.03. The van der Waals surface area contributed by atoms with Gasteiger partial charge in [-0.15, -0.1) is 0 Å². The van der Waals surface area contributed by atoms with Gasteiger partial charge in [0.05, 0.1) is 0 Å². The number of hydrogen-bond acceptors (Lipinski definition) is 1. The van der Waals surface area contributed by atoms with Crippen molar-refractivity contribution in [2.45, 2.75) is 13.8 Å². The van der Waals surface area contributed by atoms with Crippen molar-refractivity contribution in [1.82, 2.24) is 0 Å². The number of halogens is 1. The minimum atomic E-state index is -0.0805. The second-order valence-corrected chi connectivity index (χ2v) is 7.67. The average Bonchev–Trinajstić information content (AvgIpc) is 2.87. The summed E-state index contributed by atoms with van der Waals surface area (Å²) >= 11 is 0. The molecule has 1 nitrogen and oxygen atoms in total. The van der Waals surface area contributed by atoms with Gasteiger partial charge in [-0.1, -0.05) is 24.3 Å². The van der Waals surface area contributed by atoms with Crippen molar-refractivity contribution in [3.05, 3.63) is 71.8 Å². The smallest absolute Gasteiger partial charge is 0.187 e. The van der Waals surface area contributed by atoms with Gasteiger partial charge in [0.2, 0.25) is 0 Å². The van der Waals surface area contributed by atoms with E-state index in [1.54, 1.807) is 0 Å². The van der Waals surface area contributed by atoms with Crippen molar-refractivity contribution < 1.29 is 29.1 Å². The third kappa shape index (κ3) is 2.52. The highest BCUT2D eigenvalue weighted by atomic mass is 127. The molecule has 4 rings (SSSR count). The van der Waals surface area contributed by atoms with Crippen LogP contribution < -0.4 is 24.0 Å². The zero-order valence-corrected chi connectivity index (χ0v) is 16.0. The topological polar surface area (TPSA) is 20.2 Å². The van der Waals surface area contributed by atoms with E-state index in [9.17, 15) is 5.11 Å². The fourth-order valence-corrected chi connectivity index (χ4v) is 5.70. The first-order valence-corrected chi connectivity index (χ1v) is 8.62. The maximum Gasteiger partial charge on any atom is 0.187 e. The number of phenolic OH excluding ortho intramolecular Hbond substituents is 1. The van der Waals surface area contributed by atoms with Crippen molar-refractivity contribution in [2.24, 2.45) is 0 Å². The molecule has 1 aromatic heterocycles. The first kappa shape index (κ1) is 16.3. The van der Waals surface area contributed by atoms with Crippen LogP contribution in [0, 0.1) is 13.8 Å². The van der Waals surface area contributed by atoms with E-state index in [0.29, 0.717) is 5.75 Å². The average molecular weight is 432 g/mol. The van der Waals surface area contributed by atoms with E-state index >= 15 is 0 Å². The molecular weight excluding hydrogens is 415 g/mol. The Hall–Kier alpha value is -1.59. The fourth-order valence-electron chi connectivity index (χ4n) is 3.14. The van der Waals surface area contributed by atoms with Crippen LogP contribution in [0.1, 0.15) is 11.1 Å². The standard InChI is InChI=1S/C20H16OS.HI/c1-13-11-15(12-14(2)20(13)21)22-18-9-5-3-7-16(18)17-8-4-6-10-19(17)22;/h3-12H,1-2H3;1H. The molecule has 0 radical (unpaired) electrons. The molecule has 0 bridgehead atoms. The highest BCUT2D eigenvalue weighted by Gasteiger charge is 2.24. The second kappa shape index (κ2) is 6.13. The van der Waals surface area contributed by atoms with Crippen molar-refractivity contribution >= 4 is 30.6 Å². The van der Waals surface area contributed by atoms with Gasteiger partial charge in [-0.2, -0.15) is 0 Å². The largest absolute Gasteiger partial charge is 1.00 e. The van der Waals surface area contributed by atoms with Crippen molar-refractivity contribution in [2.75, 3.05) is 0 Å². The molecule has 0 aliphatic carbocycles. The number of phenols is 1. The number of aromatic hydroxyl groups is 1. The predicted molar refractivity (Wildman–Crippen MR) is 96.4 cm³/mol. The summed E-state index contributed by atoms with van der Waals surface area (Å²) in [5.74, 6) is 0.410. The van der Waals surface area contributed by atoms with Gasteiger partial charge in [-0.25, -0.2) is 0 Å². The fraction of sp³-hybridized carbons (Fsp3) is 0.100. The maximum atomic E-state index is 10.1. The van der Waals surface area contributed by atoms with Crippen LogP contribution in [-0.4, -0.2) is 5.11 Å². The molecule has 3 aromatic carbocycles. The van der Waals surface area contributed by atoms with E-state index < -0.39 is 0 Å². The number of benzene rings is 3. The lowest BCUT2D eigenvalue weighted by atomic mass is 10.1. The van der Waals surface area contributed by atoms with E-state index in [4.69, 9.17) is 0 Å². The van der Waals surface area contributed by atoms with E-state index in [0.717, 1.165) is 11.1 Å². The molecule has 0 unspecified atom stereocenters. The minimum absolute atomic E-state index is 0. The van der Waals surface area contributed by atoms with Gasteiger partial charge in [-0.3, -0.25) is 0 Å². The summed E-state index contributed by atoms with van der Waals surface area (Å²) < 4.78 is 2.77. The Kier molecular flexibility index (Phi) is 4.34. The lowest BCUT2D eigenvalue weighted by molar-refractivity contribution is -0.00000516. The summed E-state index contributed by atoms with van der Waals surface area (Å²) in [5, 5.41) is 12.7. The summed E-state index contributed by atoms with van der Waals surface area (Å²) in [6.07, 6.45) is 0. The first-order chi connectivity index (χ1) is 10.7. The number of fused-ring (bicyclic) bond motifs is 3. The molecule has 0 spiro atoms. The van der Waals surface area contributed by atoms with Gasteiger partial charge in [-0.05, 0) is 49.2 Å². The van der Waals surface area contributed by atoms with Crippen molar-refractivity contribution in [1.29, 1.82) is 0 Å². The highest BCUT2D eigenvalue weighted by Crippen LogP contribution is 2.49. The van der Waals surface area contributed by atoms with Crippen LogP contribution in [0.2, 0.25) is 0 Å². The van der Waals surface area contributed by atoms with Crippen LogP contribution in [0.5, 0.6) is 5.75 Å². The molecule has 1 heterocycles. The molecule has 0 saturated carbocycles. The minimum Gasteiger partial charge on any atom is -1.00 e. The normalized spacial score (nSPS) is 10.9. The Labute approximate surface area is 155 Å². The zero-order valence-electron chi connectivity index (χ0n) is 13.0. The summed E-state index contributed by atoms with van der Waals surface area (Å²) in [6, 6.07) is 21.6. The van der Waals surface area contributed by atoms with E-state index in [1.165, 1.54) is 25.1 Å². The van der Waals surface area contributed by atoms with E-state index in [1.807, 2.05) is 13.8 Å². The maximum absolute atomic E-state index is 10.1. The number of aryl methyl sites for hydroxylation is 2. The van der Waals surface area contributed by atoms with Gasteiger partial charge >= 0.3 is 0 Å². The molecule has 23 heavy (non-hydrogen) atoms. The third-order valence-electron chi connectivity index (χ3n) is 4.20. The van der Waals surface area contributed by atoms with Crippen LogP contribution in [0.25, 0.3) is 25.1 Å². The number of rotatable bonds is 1. The molecule has 0 saturated heterocycles. The predicted octanol–water partition coefficient (Wildman–Crippen LogP) is 3.06. The van der Waals surface area contributed by atoms with Crippen molar-refractivity contribution in [3.63, 3.8) is 0 Å². The Morgan fingerprint density at radius 2 is 1.17 bits per heavy atom. The Morgan fingerprint density at radius 3 is 1.65 bits per heavy atom. The van der Waals surface area contributed by atoms with Crippen LogP contribution in [0.3, 0.4) is 0 Å². The van der Waals surface area contributed by atoms with Gasteiger partial charge in [0, 0.05) is 33.4 Å². The summed E-state index contributed by atoms with van der Waals surface area (Å²) in [5.41, 5.74) is 1.90. The van der Waals surface area contributed by atoms with Crippen LogP contribution in [0.4, 0.5) is 0 Å². The molecule has 0 aliphatic heterocycles. The Morgan fingerprint density at radius 1 is 0.739 bits per heavy atom. The Bertz CT molecular complexity index is 940.